The van der Waals surface area contributed by atoms with Crippen LogP contribution in [0.2, 0.25) is 5.02 Å². The molecule has 1 saturated carbocycles. The molecular formula is C23H25ClN2O5. The number of hydrogen-bond acceptors (Lipinski definition) is 6. The Morgan fingerprint density at radius 3 is 2.61 bits per heavy atom. The predicted octanol–water partition coefficient (Wildman–Crippen LogP) is 3.15. The van der Waals surface area contributed by atoms with Crippen molar-refractivity contribution in [2.24, 2.45) is 0 Å². The van der Waals surface area contributed by atoms with E-state index >= 15 is 0 Å². The maximum atomic E-state index is 9.51. The number of aliphatic hydroxyl groups is 2. The predicted molar refractivity (Wildman–Crippen MR) is 116 cm³/mol. The normalized spacial score (nSPS) is 25.8. The molecule has 1 aromatic carbocycles. The second kappa shape index (κ2) is 8.07. The zero-order chi connectivity index (χ0) is 21.6. The number of aromatic amines is 1. The van der Waals surface area contributed by atoms with Gasteiger partial charge in [0, 0.05) is 23.7 Å². The first-order chi connectivity index (χ1) is 15.0. The fourth-order valence-corrected chi connectivity index (χ4v) is 4.60. The number of nitrogens with one attached hydrogen (secondary N) is 1. The lowest BCUT2D eigenvalue weighted by atomic mass is 9.95. The van der Waals surface area contributed by atoms with Gasteiger partial charge in [-0.1, -0.05) is 35.9 Å². The van der Waals surface area contributed by atoms with Gasteiger partial charge in [0.1, 0.15) is 12.2 Å². The summed E-state index contributed by atoms with van der Waals surface area (Å²) in [5.74, 6) is 0.0738. The highest BCUT2D eigenvalue weighted by atomic mass is 35.5. The smallest absolute Gasteiger partial charge is 0.190 e. The molecule has 3 fully saturated rings. The van der Waals surface area contributed by atoms with Crippen molar-refractivity contribution in [3.8, 4) is 17.1 Å². The summed E-state index contributed by atoms with van der Waals surface area (Å²) in [6, 6.07) is 11.4. The number of benzene rings is 1. The highest BCUT2D eigenvalue weighted by Gasteiger charge is 2.43. The topological polar surface area (TPSA) is 108 Å². The molecular weight excluding hydrogens is 420 g/mol. The summed E-state index contributed by atoms with van der Waals surface area (Å²) < 4.78 is 10.4. The van der Waals surface area contributed by atoms with Gasteiger partial charge in [-0.2, -0.15) is 0 Å². The van der Waals surface area contributed by atoms with Gasteiger partial charge in [-0.15, -0.1) is 0 Å². The summed E-state index contributed by atoms with van der Waals surface area (Å²) in [6.45, 7) is 1.39. The third kappa shape index (κ3) is 3.92. The molecule has 8 heteroatoms. The zero-order valence-electron chi connectivity index (χ0n) is 16.9. The molecule has 0 radical (unpaired) electrons. The molecule has 164 valence electrons. The van der Waals surface area contributed by atoms with E-state index in [1.54, 1.807) is 12.1 Å². The van der Waals surface area contributed by atoms with E-state index < -0.39 is 0 Å². The number of nitrogens with zero attached hydrogens (tertiary/aromatic N) is 1. The summed E-state index contributed by atoms with van der Waals surface area (Å²) in [7, 11) is 0. The summed E-state index contributed by atoms with van der Waals surface area (Å²) in [4.78, 5) is 7.32. The molecule has 2 aromatic heterocycles. The van der Waals surface area contributed by atoms with Crippen molar-refractivity contribution in [3.63, 3.8) is 0 Å². The Morgan fingerprint density at radius 1 is 1.16 bits per heavy atom. The SMILES string of the molecule is OC1CO[C@@H]2CCO[C@H]12.OCC1(c2ccc(-c3nc4cc(O)[nH]c4cc3Cl)cc2)CC1. The Balaban J connectivity index is 0.000000189. The molecule has 0 spiro atoms. The molecule has 4 heterocycles. The number of H-pyrrole nitrogens is 1. The van der Waals surface area contributed by atoms with Crippen molar-refractivity contribution >= 4 is 22.6 Å². The van der Waals surface area contributed by atoms with Gasteiger partial charge in [-0.25, -0.2) is 4.98 Å². The number of aliphatic hydroxyl groups excluding tert-OH is 2. The highest BCUT2D eigenvalue weighted by molar-refractivity contribution is 6.33. The monoisotopic (exact) mass is 444 g/mol. The van der Waals surface area contributed by atoms with E-state index in [0.717, 1.165) is 37.0 Å². The largest absolute Gasteiger partial charge is 0.495 e. The van der Waals surface area contributed by atoms with Crippen LogP contribution in [0, 0.1) is 0 Å². The van der Waals surface area contributed by atoms with Crippen LogP contribution in [-0.4, -0.2) is 63.4 Å². The molecule has 6 rings (SSSR count). The summed E-state index contributed by atoms with van der Waals surface area (Å²) in [5, 5.41) is 28.7. The van der Waals surface area contributed by atoms with E-state index in [1.807, 2.05) is 24.3 Å². The molecule has 1 unspecified atom stereocenters. The summed E-state index contributed by atoms with van der Waals surface area (Å²) in [6.07, 6.45) is 2.80. The third-order valence-electron chi connectivity index (χ3n) is 6.41. The van der Waals surface area contributed by atoms with Crippen LogP contribution in [0.3, 0.4) is 0 Å². The minimum absolute atomic E-state index is 0.0231. The first kappa shape index (κ1) is 20.7. The molecule has 3 aliphatic rings. The molecule has 1 aliphatic carbocycles. The number of hydrogen-bond donors (Lipinski definition) is 4. The molecule has 0 amide bonds. The van der Waals surface area contributed by atoms with Crippen molar-refractivity contribution in [1.82, 2.24) is 9.97 Å². The van der Waals surface area contributed by atoms with Crippen molar-refractivity contribution < 1.29 is 24.8 Å². The van der Waals surface area contributed by atoms with Crippen LogP contribution in [0.1, 0.15) is 24.8 Å². The molecule has 3 aromatic rings. The Morgan fingerprint density at radius 2 is 1.94 bits per heavy atom. The van der Waals surface area contributed by atoms with Gasteiger partial charge < -0.3 is 29.8 Å². The van der Waals surface area contributed by atoms with Gasteiger partial charge in [-0.05, 0) is 30.9 Å². The summed E-state index contributed by atoms with van der Waals surface area (Å²) >= 11 is 6.31. The quantitative estimate of drug-likeness (QED) is 0.494. The average molecular weight is 445 g/mol. The summed E-state index contributed by atoms with van der Waals surface area (Å²) in [5.41, 5.74) is 4.12. The van der Waals surface area contributed by atoms with Crippen LogP contribution in [0.25, 0.3) is 22.3 Å². The Kier molecular flexibility index (Phi) is 5.40. The number of fused-ring (bicyclic) bond motifs is 2. The van der Waals surface area contributed by atoms with Gasteiger partial charge in [0.15, 0.2) is 5.88 Å². The lowest BCUT2D eigenvalue weighted by Crippen LogP contribution is -2.26. The van der Waals surface area contributed by atoms with Crippen molar-refractivity contribution in [1.29, 1.82) is 0 Å². The first-order valence-electron chi connectivity index (χ1n) is 10.5. The van der Waals surface area contributed by atoms with Crippen molar-refractivity contribution in [2.75, 3.05) is 19.8 Å². The van der Waals surface area contributed by atoms with Crippen LogP contribution in [-0.2, 0) is 14.9 Å². The van der Waals surface area contributed by atoms with Gasteiger partial charge in [0.2, 0.25) is 0 Å². The molecule has 31 heavy (non-hydrogen) atoms. The van der Waals surface area contributed by atoms with Crippen LogP contribution in [0.15, 0.2) is 36.4 Å². The molecule has 2 aliphatic heterocycles. The van der Waals surface area contributed by atoms with Crippen molar-refractivity contribution in [3.05, 3.63) is 47.0 Å². The van der Waals surface area contributed by atoms with Crippen LogP contribution < -0.4 is 0 Å². The Bertz CT molecular complexity index is 1080. The molecule has 2 saturated heterocycles. The molecule has 0 bridgehead atoms. The zero-order valence-corrected chi connectivity index (χ0v) is 17.7. The van der Waals surface area contributed by atoms with E-state index in [2.05, 4.69) is 9.97 Å². The number of halogens is 1. The lowest BCUT2D eigenvalue weighted by molar-refractivity contribution is 0.0187. The fraction of sp³-hybridized carbons (Fsp3) is 0.435. The minimum atomic E-state index is -0.377. The Labute approximate surface area is 184 Å². The average Bonchev–Trinajstić information content (AvgIpc) is 3.07. The highest BCUT2D eigenvalue weighted by Crippen LogP contribution is 2.48. The van der Waals surface area contributed by atoms with Crippen LogP contribution >= 0.6 is 11.6 Å². The van der Waals surface area contributed by atoms with Gasteiger partial charge in [0.25, 0.3) is 0 Å². The number of ether oxygens (including phenoxy) is 2. The third-order valence-corrected chi connectivity index (χ3v) is 6.70. The fourth-order valence-electron chi connectivity index (χ4n) is 4.34. The molecule has 7 nitrogen and oxygen atoms in total. The van der Waals surface area contributed by atoms with E-state index in [9.17, 15) is 10.2 Å². The van der Waals surface area contributed by atoms with Gasteiger partial charge in [-0.3, -0.25) is 0 Å². The second-order valence-electron chi connectivity index (χ2n) is 8.49. The maximum absolute atomic E-state index is 9.51. The van der Waals surface area contributed by atoms with Gasteiger partial charge >= 0.3 is 0 Å². The van der Waals surface area contributed by atoms with Crippen molar-refractivity contribution in [2.45, 2.75) is 43.0 Å². The first-order valence-corrected chi connectivity index (χ1v) is 10.9. The molecule has 4 N–H and O–H groups in total. The standard InChI is InChI=1S/C17H15ClN2O2.C6H10O3/c18-12-7-13-14(8-15(22)19-13)20-16(12)10-1-3-11(4-2-10)17(9-21)5-6-17;7-4-3-9-5-1-2-8-6(4)5/h1-4,7-8,19,21-22H,5-6,9H2;4-7H,1-3H2/t;4?,5-,6-/m.1/s1. The van der Waals surface area contributed by atoms with E-state index in [1.165, 1.54) is 0 Å². The lowest BCUT2D eigenvalue weighted by Gasteiger charge is -2.13. The maximum Gasteiger partial charge on any atom is 0.190 e. The number of rotatable bonds is 3. The second-order valence-corrected chi connectivity index (χ2v) is 8.89. The molecule has 3 atom stereocenters. The van der Waals surface area contributed by atoms with Crippen LogP contribution in [0.5, 0.6) is 5.88 Å². The number of aromatic nitrogens is 2. The van der Waals surface area contributed by atoms with Gasteiger partial charge in [0.05, 0.1) is 41.1 Å². The van der Waals surface area contributed by atoms with Crippen LogP contribution in [0.4, 0.5) is 0 Å². The number of aromatic hydroxyl groups is 1. The van der Waals surface area contributed by atoms with E-state index in [0.29, 0.717) is 28.4 Å². The van der Waals surface area contributed by atoms with E-state index in [-0.39, 0.29) is 36.2 Å². The number of pyridine rings is 1. The Hall–Kier alpha value is -2.16. The minimum Gasteiger partial charge on any atom is -0.495 e. The van der Waals surface area contributed by atoms with E-state index in [4.69, 9.17) is 26.2 Å².